The van der Waals surface area contributed by atoms with E-state index in [1.807, 2.05) is 0 Å². The van der Waals surface area contributed by atoms with Crippen LogP contribution in [0.1, 0.15) is 45.4 Å². The molecule has 2 N–H and O–H groups in total. The minimum atomic E-state index is 0. The molecule has 1 saturated carbocycles. The number of halogens is 1. The van der Waals surface area contributed by atoms with Gasteiger partial charge in [0.15, 0.2) is 0 Å². The number of carbonyl (C=O) groups excluding carboxylic acids is 1. The number of nitrogens with zero attached hydrogens (tertiary/aromatic N) is 1. The molecule has 1 amide bonds. The Bertz CT molecular complexity index is 287. The van der Waals surface area contributed by atoms with E-state index in [-0.39, 0.29) is 17.8 Å². The molecule has 0 atom stereocenters. The molecule has 112 valence electrons. The van der Waals surface area contributed by atoms with Gasteiger partial charge in [0.05, 0.1) is 6.10 Å². The van der Waals surface area contributed by atoms with E-state index in [1.165, 1.54) is 0 Å². The molecular formula is C14H27ClN2O2. The smallest absolute Gasteiger partial charge is 0.228 e. The van der Waals surface area contributed by atoms with Crippen molar-refractivity contribution in [3.05, 3.63) is 0 Å². The van der Waals surface area contributed by atoms with Gasteiger partial charge in [-0.05, 0) is 45.1 Å². The third kappa shape index (κ3) is 4.07. The number of piperidine rings is 1. The first kappa shape index (κ1) is 16.7. The maximum absolute atomic E-state index is 12.3. The van der Waals surface area contributed by atoms with Crippen LogP contribution < -0.4 is 5.73 Å². The number of carbonyl (C=O) groups is 1. The lowest BCUT2D eigenvalue weighted by molar-refractivity contribution is -0.139. The number of amides is 1. The van der Waals surface area contributed by atoms with Crippen LogP contribution >= 0.6 is 12.4 Å². The lowest BCUT2D eigenvalue weighted by atomic mass is 9.99. The highest BCUT2D eigenvalue weighted by molar-refractivity contribution is 5.85. The van der Waals surface area contributed by atoms with Gasteiger partial charge in [-0.1, -0.05) is 6.92 Å². The molecule has 2 fully saturated rings. The van der Waals surface area contributed by atoms with Gasteiger partial charge >= 0.3 is 0 Å². The molecular weight excluding hydrogens is 264 g/mol. The van der Waals surface area contributed by atoms with Crippen molar-refractivity contribution in [1.82, 2.24) is 4.90 Å². The van der Waals surface area contributed by atoms with Crippen LogP contribution in [0.15, 0.2) is 0 Å². The molecule has 0 aromatic heterocycles. The SMILES string of the molecule is CCC1(C(=O)N2CCC(OCCCN)CC2)CC1.Cl. The van der Waals surface area contributed by atoms with E-state index < -0.39 is 0 Å². The van der Waals surface area contributed by atoms with Crippen LogP contribution in [-0.4, -0.2) is 43.2 Å². The number of hydrogen-bond donors (Lipinski definition) is 1. The van der Waals surface area contributed by atoms with Gasteiger partial charge in [-0.15, -0.1) is 12.4 Å². The predicted octanol–water partition coefficient (Wildman–Crippen LogP) is 1.95. The quantitative estimate of drug-likeness (QED) is 0.761. The maximum Gasteiger partial charge on any atom is 0.228 e. The fraction of sp³-hybridized carbons (Fsp3) is 0.929. The van der Waals surface area contributed by atoms with E-state index in [2.05, 4.69) is 11.8 Å². The van der Waals surface area contributed by atoms with Crippen molar-refractivity contribution < 1.29 is 9.53 Å². The molecule has 2 rings (SSSR count). The zero-order valence-corrected chi connectivity index (χ0v) is 12.7. The van der Waals surface area contributed by atoms with Crippen molar-refractivity contribution in [2.24, 2.45) is 11.1 Å². The normalized spacial score (nSPS) is 21.9. The topological polar surface area (TPSA) is 55.6 Å². The predicted molar refractivity (Wildman–Crippen MR) is 78.4 cm³/mol. The average molecular weight is 291 g/mol. The highest BCUT2D eigenvalue weighted by Crippen LogP contribution is 2.50. The highest BCUT2D eigenvalue weighted by atomic mass is 35.5. The van der Waals surface area contributed by atoms with Crippen LogP contribution in [0, 0.1) is 5.41 Å². The van der Waals surface area contributed by atoms with Gasteiger partial charge in [-0.2, -0.15) is 0 Å². The number of rotatable bonds is 6. The van der Waals surface area contributed by atoms with Gasteiger partial charge in [0.25, 0.3) is 0 Å². The van der Waals surface area contributed by atoms with Gasteiger partial charge in [0, 0.05) is 25.1 Å². The number of hydrogen-bond acceptors (Lipinski definition) is 3. The van der Waals surface area contributed by atoms with E-state index in [1.54, 1.807) is 0 Å². The first-order valence-corrected chi connectivity index (χ1v) is 7.33. The van der Waals surface area contributed by atoms with E-state index in [0.717, 1.165) is 58.2 Å². The van der Waals surface area contributed by atoms with E-state index >= 15 is 0 Å². The molecule has 0 aromatic rings. The molecule has 2 aliphatic rings. The Morgan fingerprint density at radius 2 is 2.00 bits per heavy atom. The summed E-state index contributed by atoms with van der Waals surface area (Å²) in [5.41, 5.74) is 5.46. The van der Waals surface area contributed by atoms with Crippen LogP contribution in [0.5, 0.6) is 0 Å². The van der Waals surface area contributed by atoms with Gasteiger partial charge in [-0.25, -0.2) is 0 Å². The van der Waals surface area contributed by atoms with Crippen LogP contribution in [0.2, 0.25) is 0 Å². The van der Waals surface area contributed by atoms with Crippen molar-refractivity contribution in [2.45, 2.75) is 51.6 Å². The summed E-state index contributed by atoms with van der Waals surface area (Å²) in [6.45, 7) is 5.32. The summed E-state index contributed by atoms with van der Waals surface area (Å²) in [6, 6.07) is 0. The van der Waals surface area contributed by atoms with E-state index in [9.17, 15) is 4.79 Å². The first-order chi connectivity index (χ1) is 8.72. The van der Waals surface area contributed by atoms with Gasteiger partial charge in [0.2, 0.25) is 5.91 Å². The summed E-state index contributed by atoms with van der Waals surface area (Å²) in [7, 11) is 0. The minimum Gasteiger partial charge on any atom is -0.378 e. The number of ether oxygens (including phenoxy) is 1. The molecule has 0 aromatic carbocycles. The lowest BCUT2D eigenvalue weighted by Gasteiger charge is -2.34. The molecule has 4 nitrogen and oxygen atoms in total. The summed E-state index contributed by atoms with van der Waals surface area (Å²) in [4.78, 5) is 14.4. The maximum atomic E-state index is 12.3. The fourth-order valence-electron chi connectivity index (χ4n) is 2.76. The molecule has 1 aliphatic heterocycles. The number of nitrogens with two attached hydrogens (primary N) is 1. The molecule has 1 aliphatic carbocycles. The standard InChI is InChI=1S/C14H26N2O2.ClH/c1-2-14(6-7-14)13(17)16-9-4-12(5-10-16)18-11-3-8-15;/h12H,2-11,15H2,1H3;1H. The highest BCUT2D eigenvalue weighted by Gasteiger charge is 2.50. The minimum absolute atomic E-state index is 0. The van der Waals surface area contributed by atoms with Crippen LogP contribution in [0.3, 0.4) is 0 Å². The van der Waals surface area contributed by atoms with Crippen molar-refractivity contribution >= 4 is 18.3 Å². The van der Waals surface area contributed by atoms with Gasteiger partial charge in [0.1, 0.15) is 0 Å². The summed E-state index contributed by atoms with van der Waals surface area (Å²) in [5.74, 6) is 0.394. The molecule has 0 radical (unpaired) electrons. The third-order valence-corrected chi connectivity index (χ3v) is 4.42. The van der Waals surface area contributed by atoms with Gasteiger partial charge < -0.3 is 15.4 Å². The number of likely N-dealkylation sites (tertiary alicyclic amines) is 1. The third-order valence-electron chi connectivity index (χ3n) is 4.42. The Labute approximate surface area is 122 Å². The average Bonchev–Trinajstić information content (AvgIpc) is 3.20. The molecule has 0 spiro atoms. The van der Waals surface area contributed by atoms with Crippen molar-refractivity contribution in [3.8, 4) is 0 Å². The van der Waals surface area contributed by atoms with Crippen molar-refractivity contribution in [2.75, 3.05) is 26.2 Å². The first-order valence-electron chi connectivity index (χ1n) is 7.33. The summed E-state index contributed by atoms with van der Waals surface area (Å²) < 4.78 is 5.76. The Kier molecular flexibility index (Phi) is 6.57. The van der Waals surface area contributed by atoms with Crippen LogP contribution in [0.4, 0.5) is 0 Å². The Hall–Kier alpha value is -0.320. The zero-order valence-electron chi connectivity index (χ0n) is 11.9. The fourth-order valence-corrected chi connectivity index (χ4v) is 2.76. The van der Waals surface area contributed by atoms with E-state index in [0.29, 0.717) is 18.6 Å². The summed E-state index contributed by atoms with van der Waals surface area (Å²) >= 11 is 0. The lowest BCUT2D eigenvalue weighted by Crippen LogP contribution is -2.44. The molecule has 0 bridgehead atoms. The molecule has 0 unspecified atom stereocenters. The van der Waals surface area contributed by atoms with Crippen LogP contribution in [0.25, 0.3) is 0 Å². The van der Waals surface area contributed by atoms with Crippen molar-refractivity contribution in [3.63, 3.8) is 0 Å². The van der Waals surface area contributed by atoms with Gasteiger partial charge in [-0.3, -0.25) is 4.79 Å². The summed E-state index contributed by atoms with van der Waals surface area (Å²) in [5, 5.41) is 0. The second kappa shape index (κ2) is 7.46. The Morgan fingerprint density at radius 1 is 1.37 bits per heavy atom. The molecule has 1 saturated heterocycles. The zero-order chi connectivity index (χ0) is 13.0. The monoisotopic (exact) mass is 290 g/mol. The molecule has 1 heterocycles. The molecule has 5 heteroatoms. The second-order valence-corrected chi connectivity index (χ2v) is 5.64. The van der Waals surface area contributed by atoms with E-state index in [4.69, 9.17) is 10.5 Å². The summed E-state index contributed by atoms with van der Waals surface area (Å²) in [6.07, 6.45) is 6.41. The van der Waals surface area contributed by atoms with Crippen LogP contribution in [-0.2, 0) is 9.53 Å². The largest absolute Gasteiger partial charge is 0.378 e. The Morgan fingerprint density at radius 3 is 2.47 bits per heavy atom. The Balaban J connectivity index is 0.00000180. The second-order valence-electron chi connectivity index (χ2n) is 5.64. The molecule has 19 heavy (non-hydrogen) atoms. The van der Waals surface area contributed by atoms with Crippen molar-refractivity contribution in [1.29, 1.82) is 0 Å².